The van der Waals surface area contributed by atoms with E-state index in [1.54, 1.807) is 0 Å². The first-order chi connectivity index (χ1) is 17.2. The number of hydrogen-bond donors (Lipinski definition) is 4. The average Bonchev–Trinajstić information content (AvgIpc) is 2.88. The van der Waals surface area contributed by atoms with E-state index in [1.807, 2.05) is 60.7 Å². The second kappa shape index (κ2) is 15.8. The van der Waals surface area contributed by atoms with Gasteiger partial charge < -0.3 is 30.7 Å². The summed E-state index contributed by atoms with van der Waals surface area (Å²) in [6.45, 7) is 7.22. The van der Waals surface area contributed by atoms with Crippen LogP contribution < -0.4 is 21.3 Å². The van der Waals surface area contributed by atoms with E-state index in [0.29, 0.717) is 6.54 Å². The third kappa shape index (κ3) is 10.9. The number of nitrogens with zero attached hydrogens (tertiary/aromatic N) is 1. The molecule has 1 aliphatic heterocycles. The number of rotatable bonds is 8. The Labute approximate surface area is 207 Å². The van der Waals surface area contributed by atoms with Crippen LogP contribution in [-0.4, -0.2) is 81.9 Å². The number of carbonyl (C=O) groups excluding carboxylic acids is 2. The predicted molar refractivity (Wildman–Crippen MR) is 135 cm³/mol. The Morgan fingerprint density at radius 3 is 1.77 bits per heavy atom. The zero-order valence-corrected chi connectivity index (χ0v) is 20.2. The third-order valence-corrected chi connectivity index (χ3v) is 5.62. The van der Waals surface area contributed by atoms with E-state index in [9.17, 15) is 9.59 Å². The van der Waals surface area contributed by atoms with Crippen molar-refractivity contribution in [2.45, 2.75) is 19.3 Å². The highest BCUT2D eigenvalue weighted by atomic mass is 16.6. The lowest BCUT2D eigenvalue weighted by molar-refractivity contribution is -0.148. The van der Waals surface area contributed by atoms with Gasteiger partial charge in [0.25, 0.3) is 0 Å². The van der Waals surface area contributed by atoms with Crippen molar-refractivity contribution in [3.8, 4) is 0 Å². The van der Waals surface area contributed by atoms with Gasteiger partial charge in [-0.1, -0.05) is 60.7 Å². The van der Waals surface area contributed by atoms with Gasteiger partial charge in [0.1, 0.15) is 19.3 Å². The molecule has 1 heterocycles. The molecule has 0 aliphatic carbocycles. The quantitative estimate of drug-likeness (QED) is 0.414. The molecular formula is C26H37N5O4. The number of esters is 1. The fourth-order valence-corrected chi connectivity index (χ4v) is 3.67. The van der Waals surface area contributed by atoms with Gasteiger partial charge in [0.15, 0.2) is 0 Å². The van der Waals surface area contributed by atoms with E-state index in [4.69, 9.17) is 9.47 Å². The Morgan fingerprint density at radius 2 is 1.23 bits per heavy atom. The van der Waals surface area contributed by atoms with Crippen LogP contribution in [0.2, 0.25) is 0 Å². The predicted octanol–water partition coefficient (Wildman–Crippen LogP) is 1.11. The highest BCUT2D eigenvalue weighted by Crippen LogP contribution is 2.05. The van der Waals surface area contributed by atoms with Crippen LogP contribution in [0.4, 0.5) is 4.79 Å². The van der Waals surface area contributed by atoms with Crippen LogP contribution >= 0.6 is 0 Å². The van der Waals surface area contributed by atoms with Crippen LogP contribution in [0, 0.1) is 0 Å². The third-order valence-electron chi connectivity index (χ3n) is 5.62. The molecule has 1 aliphatic rings. The minimum atomic E-state index is -0.850. The first-order valence-electron chi connectivity index (χ1n) is 12.2. The number of alkyl carbamates (subject to hydrolysis) is 1. The monoisotopic (exact) mass is 483 g/mol. The molecule has 0 aromatic heterocycles. The number of ether oxygens (including phenoxy) is 2. The van der Waals surface area contributed by atoms with Crippen molar-refractivity contribution < 1.29 is 19.1 Å². The summed E-state index contributed by atoms with van der Waals surface area (Å²) in [6, 6.07) is 18.1. The van der Waals surface area contributed by atoms with Crippen LogP contribution in [0.5, 0.6) is 0 Å². The van der Waals surface area contributed by atoms with E-state index in [-0.39, 0.29) is 13.2 Å². The second-order valence-electron chi connectivity index (χ2n) is 8.40. The van der Waals surface area contributed by atoms with Gasteiger partial charge in [0, 0.05) is 58.9 Å². The van der Waals surface area contributed by atoms with Gasteiger partial charge in [0.05, 0.1) is 0 Å². The summed E-state index contributed by atoms with van der Waals surface area (Å²) in [4.78, 5) is 27.7. The molecule has 1 atom stereocenters. The minimum absolute atomic E-state index is 0.129. The fraction of sp³-hybridized carbons (Fsp3) is 0.462. The molecule has 0 saturated carbocycles. The summed E-state index contributed by atoms with van der Waals surface area (Å²) in [5.74, 6) is -0.484. The molecular weight excluding hydrogens is 446 g/mol. The number of hydrogen-bond acceptors (Lipinski definition) is 8. The molecule has 35 heavy (non-hydrogen) atoms. The smallest absolute Gasteiger partial charge is 0.408 e. The number of nitrogens with one attached hydrogen (secondary N) is 4. The van der Waals surface area contributed by atoms with Crippen molar-refractivity contribution >= 4 is 12.1 Å². The fourth-order valence-electron chi connectivity index (χ4n) is 3.67. The molecule has 0 radical (unpaired) electrons. The molecule has 2 aromatic rings. The van der Waals surface area contributed by atoms with E-state index < -0.39 is 18.1 Å². The summed E-state index contributed by atoms with van der Waals surface area (Å²) < 4.78 is 10.9. The molecule has 190 valence electrons. The van der Waals surface area contributed by atoms with Gasteiger partial charge in [0.2, 0.25) is 0 Å². The zero-order valence-electron chi connectivity index (χ0n) is 20.2. The molecule has 9 heteroatoms. The molecule has 0 bridgehead atoms. The number of carbonyl (C=O) groups is 2. The molecule has 1 saturated heterocycles. The first kappa shape index (κ1) is 26.6. The van der Waals surface area contributed by atoms with Gasteiger partial charge in [-0.3, -0.25) is 4.90 Å². The van der Waals surface area contributed by atoms with E-state index >= 15 is 0 Å². The first-order valence-corrected chi connectivity index (χ1v) is 12.2. The molecule has 0 spiro atoms. The molecule has 1 fully saturated rings. The highest BCUT2D eigenvalue weighted by Gasteiger charge is 2.26. The van der Waals surface area contributed by atoms with Crippen LogP contribution in [0.1, 0.15) is 11.1 Å². The molecule has 0 unspecified atom stereocenters. The SMILES string of the molecule is O=C(N[C@@H](CN1CCNCCNCCNCC1)C(=O)OCc1ccccc1)OCc1ccccc1. The van der Waals surface area contributed by atoms with Crippen molar-refractivity contribution in [1.29, 1.82) is 0 Å². The number of amides is 1. The van der Waals surface area contributed by atoms with Gasteiger partial charge in [-0.15, -0.1) is 0 Å². The van der Waals surface area contributed by atoms with Gasteiger partial charge in [-0.05, 0) is 11.1 Å². The standard InChI is InChI=1S/C26H37N5O4/c32-25(34-20-22-7-3-1-4-8-22)24(30-26(33)35-21-23-9-5-2-6-10-23)19-31-17-15-28-13-11-27-12-14-29-16-18-31/h1-10,24,27-29H,11-21H2,(H,30,33)/t24-/m0/s1. The van der Waals surface area contributed by atoms with Crippen LogP contribution in [0.15, 0.2) is 60.7 Å². The van der Waals surface area contributed by atoms with E-state index in [2.05, 4.69) is 26.2 Å². The average molecular weight is 484 g/mol. The molecule has 1 amide bonds. The normalized spacial score (nSPS) is 16.8. The van der Waals surface area contributed by atoms with Gasteiger partial charge >= 0.3 is 12.1 Å². The maximum Gasteiger partial charge on any atom is 0.408 e. The largest absolute Gasteiger partial charge is 0.459 e. The van der Waals surface area contributed by atoms with E-state index in [0.717, 1.165) is 63.5 Å². The maximum absolute atomic E-state index is 13.0. The van der Waals surface area contributed by atoms with Crippen molar-refractivity contribution in [2.75, 3.05) is 58.9 Å². The van der Waals surface area contributed by atoms with Crippen LogP contribution in [0.3, 0.4) is 0 Å². The van der Waals surface area contributed by atoms with Crippen LogP contribution in [0.25, 0.3) is 0 Å². The van der Waals surface area contributed by atoms with Crippen molar-refractivity contribution in [1.82, 2.24) is 26.2 Å². The summed E-state index contributed by atoms with van der Waals surface area (Å²) in [5.41, 5.74) is 1.76. The second-order valence-corrected chi connectivity index (χ2v) is 8.40. The molecule has 3 rings (SSSR count). The summed E-state index contributed by atoms with van der Waals surface area (Å²) >= 11 is 0. The van der Waals surface area contributed by atoms with Crippen molar-refractivity contribution in [3.05, 3.63) is 71.8 Å². The van der Waals surface area contributed by atoms with Crippen molar-refractivity contribution in [3.63, 3.8) is 0 Å². The zero-order chi connectivity index (χ0) is 24.6. The Kier molecular flexibility index (Phi) is 12.0. The maximum atomic E-state index is 13.0. The Hall–Kier alpha value is -2.98. The Bertz CT molecular complexity index is 857. The lowest BCUT2D eigenvalue weighted by Crippen LogP contribution is -2.51. The van der Waals surface area contributed by atoms with Crippen LogP contribution in [-0.2, 0) is 27.5 Å². The van der Waals surface area contributed by atoms with E-state index in [1.165, 1.54) is 0 Å². The lowest BCUT2D eigenvalue weighted by atomic mass is 10.2. The van der Waals surface area contributed by atoms with Crippen molar-refractivity contribution in [2.24, 2.45) is 0 Å². The molecule has 9 nitrogen and oxygen atoms in total. The lowest BCUT2D eigenvalue weighted by Gasteiger charge is -2.27. The summed E-state index contributed by atoms with van der Waals surface area (Å²) in [6.07, 6.45) is -0.646. The summed E-state index contributed by atoms with van der Waals surface area (Å²) in [7, 11) is 0. The molecule has 2 aromatic carbocycles. The Balaban J connectivity index is 1.59. The highest BCUT2D eigenvalue weighted by molar-refractivity contribution is 5.81. The molecule has 4 N–H and O–H groups in total. The summed E-state index contributed by atoms with van der Waals surface area (Å²) in [5, 5.41) is 12.9. The van der Waals surface area contributed by atoms with Gasteiger partial charge in [-0.2, -0.15) is 0 Å². The van der Waals surface area contributed by atoms with Gasteiger partial charge in [-0.25, -0.2) is 9.59 Å². The minimum Gasteiger partial charge on any atom is -0.459 e. The topological polar surface area (TPSA) is 104 Å². The number of benzene rings is 2. The Morgan fingerprint density at radius 1 is 0.743 bits per heavy atom.